The molecule has 1 unspecified atom stereocenters. The number of aliphatic hydroxyl groups is 1. The lowest BCUT2D eigenvalue weighted by atomic mass is 9.89. The number of hydrogen-bond donors (Lipinski definition) is 1. The molecule has 5 nitrogen and oxygen atoms in total. The van der Waals surface area contributed by atoms with Crippen molar-refractivity contribution in [2.75, 3.05) is 20.4 Å². The number of aliphatic hydroxyl groups excluding tert-OH is 1. The highest BCUT2D eigenvalue weighted by atomic mass is 19.1. The van der Waals surface area contributed by atoms with Gasteiger partial charge in [0, 0.05) is 18.6 Å². The summed E-state index contributed by atoms with van der Waals surface area (Å²) in [5, 5.41) is 10.1. The van der Waals surface area contributed by atoms with Crippen LogP contribution in [0.2, 0.25) is 0 Å². The van der Waals surface area contributed by atoms with Crippen LogP contribution in [0.5, 0.6) is 0 Å². The molecule has 2 heterocycles. The molecule has 6 heteroatoms. The molecular weight excluding hydrogens is 279 g/mol. The number of hydrogen-bond acceptors (Lipinski definition) is 5. The maximum atomic E-state index is 13.3. The number of ether oxygens (including phenoxy) is 4. The van der Waals surface area contributed by atoms with Gasteiger partial charge in [0.25, 0.3) is 0 Å². The number of halogens is 1. The van der Waals surface area contributed by atoms with Gasteiger partial charge in [-0.15, -0.1) is 0 Å². The highest BCUT2D eigenvalue weighted by Crippen LogP contribution is 2.37. The van der Waals surface area contributed by atoms with Gasteiger partial charge in [-0.1, -0.05) is 30.3 Å². The molecule has 6 atom stereocenters. The van der Waals surface area contributed by atoms with Crippen molar-refractivity contribution >= 4 is 0 Å². The highest BCUT2D eigenvalue weighted by Gasteiger charge is 2.49. The lowest BCUT2D eigenvalue weighted by molar-refractivity contribution is -0.351. The Balaban J connectivity index is 1.77. The van der Waals surface area contributed by atoms with Crippen LogP contribution in [0.4, 0.5) is 4.39 Å². The van der Waals surface area contributed by atoms with Gasteiger partial charge >= 0.3 is 0 Å². The van der Waals surface area contributed by atoms with E-state index in [-0.39, 0.29) is 6.61 Å². The Hall–Kier alpha value is -1.05. The Morgan fingerprint density at radius 1 is 1.29 bits per heavy atom. The van der Waals surface area contributed by atoms with E-state index in [1.807, 2.05) is 30.3 Å². The van der Waals surface area contributed by atoms with Crippen LogP contribution < -0.4 is 0 Å². The molecule has 0 saturated carbocycles. The van der Waals surface area contributed by atoms with Crippen molar-refractivity contribution in [1.82, 2.24) is 0 Å². The summed E-state index contributed by atoms with van der Waals surface area (Å²) in [6.45, 7) is -0.430. The van der Waals surface area contributed by atoms with Gasteiger partial charge in [0.1, 0.15) is 12.2 Å². The molecule has 0 bridgehead atoms. The summed E-state index contributed by atoms with van der Waals surface area (Å²) in [5.41, 5.74) is 0.858. The molecule has 116 valence electrons. The minimum Gasteiger partial charge on any atom is -0.387 e. The molecule has 1 N–H and O–H groups in total. The van der Waals surface area contributed by atoms with Gasteiger partial charge in [-0.05, 0) is 0 Å². The zero-order chi connectivity index (χ0) is 14.8. The summed E-state index contributed by atoms with van der Waals surface area (Å²) in [6.07, 6.45) is -3.49. The minimum atomic E-state index is -1.06. The Labute approximate surface area is 122 Å². The van der Waals surface area contributed by atoms with Crippen LogP contribution in [0.1, 0.15) is 11.9 Å². The van der Waals surface area contributed by atoms with E-state index in [1.54, 1.807) is 0 Å². The topological polar surface area (TPSA) is 57.2 Å². The van der Waals surface area contributed by atoms with E-state index in [2.05, 4.69) is 0 Å². The zero-order valence-electron chi connectivity index (χ0n) is 11.7. The van der Waals surface area contributed by atoms with Crippen LogP contribution in [0.25, 0.3) is 0 Å². The summed E-state index contributed by atoms with van der Waals surface area (Å²) in [6, 6.07) is 9.43. The molecular formula is C15H19FO5. The van der Waals surface area contributed by atoms with Gasteiger partial charge in [-0.2, -0.15) is 0 Å². The van der Waals surface area contributed by atoms with Gasteiger partial charge in [0.2, 0.25) is 0 Å². The third-order valence-electron chi connectivity index (χ3n) is 3.99. The summed E-state index contributed by atoms with van der Waals surface area (Å²) < 4.78 is 35.5. The number of fused-ring (bicyclic) bond motifs is 1. The van der Waals surface area contributed by atoms with Crippen LogP contribution in [0.3, 0.4) is 0 Å². The predicted octanol–water partition coefficient (Wildman–Crippen LogP) is 1.42. The fourth-order valence-electron chi connectivity index (χ4n) is 2.85. The molecule has 2 saturated heterocycles. The smallest absolute Gasteiger partial charge is 0.184 e. The second kappa shape index (κ2) is 6.37. The van der Waals surface area contributed by atoms with Crippen LogP contribution in [0.15, 0.2) is 30.3 Å². The third kappa shape index (κ3) is 2.82. The average molecular weight is 298 g/mol. The van der Waals surface area contributed by atoms with Crippen LogP contribution in [-0.4, -0.2) is 50.1 Å². The first kappa shape index (κ1) is 14.9. The first-order valence-corrected chi connectivity index (χ1v) is 6.99. The van der Waals surface area contributed by atoms with E-state index < -0.39 is 43.5 Å². The van der Waals surface area contributed by atoms with Crippen molar-refractivity contribution in [2.45, 2.75) is 30.9 Å². The average Bonchev–Trinajstić information content (AvgIpc) is 2.54. The normalized spacial score (nSPS) is 39.8. The predicted molar refractivity (Wildman–Crippen MR) is 71.1 cm³/mol. The monoisotopic (exact) mass is 298 g/mol. The van der Waals surface area contributed by atoms with Crippen LogP contribution >= 0.6 is 0 Å². The van der Waals surface area contributed by atoms with E-state index in [0.717, 1.165) is 5.56 Å². The van der Waals surface area contributed by atoms with Crippen molar-refractivity contribution in [3.63, 3.8) is 0 Å². The first-order valence-electron chi connectivity index (χ1n) is 6.99. The molecule has 0 radical (unpaired) electrons. The molecule has 2 fully saturated rings. The van der Waals surface area contributed by atoms with Crippen molar-refractivity contribution in [1.29, 1.82) is 0 Å². The molecule has 2 aliphatic heterocycles. The first-order chi connectivity index (χ1) is 10.2. The number of alkyl halides is 1. The van der Waals surface area contributed by atoms with E-state index in [1.165, 1.54) is 7.11 Å². The van der Waals surface area contributed by atoms with E-state index >= 15 is 0 Å². The van der Waals surface area contributed by atoms with Gasteiger partial charge < -0.3 is 24.1 Å². The number of benzene rings is 1. The molecule has 0 aliphatic carbocycles. The van der Waals surface area contributed by atoms with E-state index in [9.17, 15) is 9.50 Å². The minimum absolute atomic E-state index is 0.271. The van der Waals surface area contributed by atoms with Gasteiger partial charge in [-0.25, -0.2) is 0 Å². The van der Waals surface area contributed by atoms with Gasteiger partial charge in [0.05, 0.1) is 19.4 Å². The zero-order valence-corrected chi connectivity index (χ0v) is 11.7. The molecule has 0 spiro atoms. The largest absolute Gasteiger partial charge is 0.387 e. The Kier molecular flexibility index (Phi) is 4.51. The molecule has 3 rings (SSSR count). The maximum Gasteiger partial charge on any atom is 0.184 e. The van der Waals surface area contributed by atoms with Crippen molar-refractivity contribution in [2.24, 2.45) is 5.92 Å². The van der Waals surface area contributed by atoms with E-state index in [0.29, 0.717) is 0 Å². The summed E-state index contributed by atoms with van der Waals surface area (Å²) in [5.74, 6) is -0.691. The maximum absolute atomic E-state index is 13.3. The van der Waals surface area contributed by atoms with E-state index in [4.69, 9.17) is 18.9 Å². The van der Waals surface area contributed by atoms with Crippen molar-refractivity contribution < 1.29 is 28.4 Å². The van der Waals surface area contributed by atoms with Gasteiger partial charge in [0.15, 0.2) is 12.6 Å². The number of rotatable bonds is 3. The van der Waals surface area contributed by atoms with Crippen molar-refractivity contribution in [3.8, 4) is 0 Å². The summed E-state index contributed by atoms with van der Waals surface area (Å²) in [4.78, 5) is 0. The molecule has 0 amide bonds. The van der Waals surface area contributed by atoms with Crippen LogP contribution in [-0.2, 0) is 18.9 Å². The summed E-state index contributed by atoms with van der Waals surface area (Å²) >= 11 is 0. The molecule has 1 aromatic carbocycles. The molecule has 2 aliphatic rings. The second-order valence-electron chi connectivity index (χ2n) is 5.26. The fourth-order valence-corrected chi connectivity index (χ4v) is 2.85. The Morgan fingerprint density at radius 3 is 2.71 bits per heavy atom. The lowest BCUT2D eigenvalue weighted by Gasteiger charge is -2.47. The fraction of sp³-hybridized carbons (Fsp3) is 0.600. The molecule has 0 aromatic heterocycles. The summed E-state index contributed by atoms with van der Waals surface area (Å²) in [7, 11) is 1.42. The third-order valence-corrected chi connectivity index (χ3v) is 3.99. The molecule has 1 aromatic rings. The SMILES string of the molecule is CO[C@H]1O[C@@H]2COC(c3ccccc3)O[C@H]2[C@@H](CF)[C@H]1O. The second-order valence-corrected chi connectivity index (χ2v) is 5.26. The molecule has 21 heavy (non-hydrogen) atoms. The van der Waals surface area contributed by atoms with Crippen molar-refractivity contribution in [3.05, 3.63) is 35.9 Å². The Bertz CT molecular complexity index is 457. The lowest BCUT2D eigenvalue weighted by Crippen LogP contribution is -2.59. The standard InChI is InChI=1S/C15H19FO5/c1-18-15-12(17)10(7-16)13-11(20-15)8-19-14(21-13)9-5-3-2-4-6-9/h2-6,10-15,17H,7-8H2,1H3/t10-,11+,12+,13-,14?,15-/m0/s1. The Morgan fingerprint density at radius 2 is 2.05 bits per heavy atom. The van der Waals surface area contributed by atoms with Gasteiger partial charge in [-0.3, -0.25) is 4.39 Å². The number of methoxy groups -OCH3 is 1. The highest BCUT2D eigenvalue weighted by molar-refractivity contribution is 5.16. The van der Waals surface area contributed by atoms with Crippen LogP contribution in [0, 0.1) is 5.92 Å². The quantitative estimate of drug-likeness (QED) is 0.914.